The van der Waals surface area contributed by atoms with Crippen molar-refractivity contribution in [3.05, 3.63) is 28.8 Å². The summed E-state index contributed by atoms with van der Waals surface area (Å²) < 4.78 is 12.0. The van der Waals surface area contributed by atoms with Crippen molar-refractivity contribution < 1.29 is 9.47 Å². The number of benzene rings is 1. The van der Waals surface area contributed by atoms with E-state index in [1.165, 1.54) is 42.4 Å². The zero-order valence-electron chi connectivity index (χ0n) is 14.4. The Bertz CT molecular complexity index is 567. The minimum Gasteiger partial charge on any atom is -0.493 e. The number of hydrogen-bond donors (Lipinski definition) is 1. The lowest BCUT2D eigenvalue weighted by molar-refractivity contribution is -0.0130. The molecule has 0 bridgehead atoms. The van der Waals surface area contributed by atoms with Crippen molar-refractivity contribution in [1.29, 1.82) is 0 Å². The summed E-state index contributed by atoms with van der Waals surface area (Å²) in [7, 11) is 0. The molecule has 23 heavy (non-hydrogen) atoms. The Morgan fingerprint density at radius 2 is 1.91 bits per heavy atom. The lowest BCUT2D eigenvalue weighted by Crippen LogP contribution is -2.41. The molecule has 3 heteroatoms. The van der Waals surface area contributed by atoms with Crippen LogP contribution in [0.1, 0.15) is 61.3 Å². The van der Waals surface area contributed by atoms with E-state index in [-0.39, 0.29) is 0 Å². The Balaban J connectivity index is 1.52. The van der Waals surface area contributed by atoms with Crippen LogP contribution in [0.15, 0.2) is 12.1 Å². The summed E-state index contributed by atoms with van der Waals surface area (Å²) in [5.41, 5.74) is 3.98. The van der Waals surface area contributed by atoms with Crippen LogP contribution < -0.4 is 10.1 Å². The van der Waals surface area contributed by atoms with Crippen molar-refractivity contribution >= 4 is 0 Å². The fourth-order valence-corrected chi connectivity index (χ4v) is 4.29. The lowest BCUT2D eigenvalue weighted by Gasteiger charge is -2.33. The van der Waals surface area contributed by atoms with Gasteiger partial charge in [-0.05, 0) is 63.9 Å². The molecular formula is C20H29NO2. The van der Waals surface area contributed by atoms with Gasteiger partial charge < -0.3 is 14.8 Å². The quantitative estimate of drug-likeness (QED) is 0.912. The first kappa shape index (κ1) is 15.5. The minimum absolute atomic E-state index is 0.425. The van der Waals surface area contributed by atoms with Gasteiger partial charge in [-0.25, -0.2) is 0 Å². The fraction of sp³-hybridized carbons (Fsp3) is 0.700. The van der Waals surface area contributed by atoms with Gasteiger partial charge in [-0.15, -0.1) is 0 Å². The first-order chi connectivity index (χ1) is 11.2. The molecule has 126 valence electrons. The molecule has 2 aliphatic heterocycles. The van der Waals surface area contributed by atoms with E-state index in [2.05, 4.69) is 31.3 Å². The SMILES string of the molecule is Cc1cc(C)c2c(c1)[C@H](N[C@@H]1CCO[C@H](C3CC3)C1)CCCO2. The van der Waals surface area contributed by atoms with Crippen LogP contribution in [-0.2, 0) is 4.74 Å². The lowest BCUT2D eigenvalue weighted by atomic mass is 9.94. The number of aryl methyl sites for hydroxylation is 2. The molecule has 0 spiro atoms. The van der Waals surface area contributed by atoms with E-state index in [9.17, 15) is 0 Å². The van der Waals surface area contributed by atoms with Crippen LogP contribution in [0.2, 0.25) is 0 Å². The second-order valence-electron chi connectivity index (χ2n) is 7.68. The van der Waals surface area contributed by atoms with Gasteiger partial charge in [0, 0.05) is 24.3 Å². The second kappa shape index (κ2) is 6.45. The number of rotatable bonds is 3. The molecule has 1 saturated heterocycles. The summed E-state index contributed by atoms with van der Waals surface area (Å²) in [4.78, 5) is 0. The summed E-state index contributed by atoms with van der Waals surface area (Å²) in [6.07, 6.45) is 7.86. The maximum Gasteiger partial charge on any atom is 0.126 e. The molecule has 2 fully saturated rings. The van der Waals surface area contributed by atoms with Crippen LogP contribution in [0.4, 0.5) is 0 Å². The van der Waals surface area contributed by atoms with Gasteiger partial charge in [0.05, 0.1) is 12.7 Å². The van der Waals surface area contributed by atoms with Crippen LogP contribution in [0.3, 0.4) is 0 Å². The molecule has 1 N–H and O–H groups in total. The van der Waals surface area contributed by atoms with E-state index in [0.717, 1.165) is 37.7 Å². The molecule has 3 atom stereocenters. The zero-order valence-corrected chi connectivity index (χ0v) is 14.4. The van der Waals surface area contributed by atoms with Crippen molar-refractivity contribution in [3.63, 3.8) is 0 Å². The van der Waals surface area contributed by atoms with Gasteiger partial charge >= 0.3 is 0 Å². The Kier molecular flexibility index (Phi) is 4.33. The molecule has 2 heterocycles. The van der Waals surface area contributed by atoms with Crippen molar-refractivity contribution in [2.24, 2.45) is 5.92 Å². The second-order valence-corrected chi connectivity index (χ2v) is 7.68. The molecule has 0 unspecified atom stereocenters. The van der Waals surface area contributed by atoms with Gasteiger partial charge in [0.2, 0.25) is 0 Å². The molecule has 1 aromatic rings. The average molecular weight is 315 g/mol. The maximum absolute atomic E-state index is 6.06. The highest BCUT2D eigenvalue weighted by Crippen LogP contribution is 2.40. The fourth-order valence-electron chi connectivity index (χ4n) is 4.29. The van der Waals surface area contributed by atoms with Gasteiger partial charge in [-0.1, -0.05) is 17.7 Å². The number of ether oxygens (including phenoxy) is 2. The van der Waals surface area contributed by atoms with Crippen molar-refractivity contribution in [3.8, 4) is 5.75 Å². The van der Waals surface area contributed by atoms with Crippen LogP contribution >= 0.6 is 0 Å². The molecule has 1 aromatic carbocycles. The van der Waals surface area contributed by atoms with Crippen molar-refractivity contribution in [2.75, 3.05) is 13.2 Å². The van der Waals surface area contributed by atoms with Gasteiger partial charge in [-0.3, -0.25) is 0 Å². The summed E-state index contributed by atoms with van der Waals surface area (Å²) in [6, 6.07) is 5.57. The topological polar surface area (TPSA) is 30.5 Å². The molecule has 0 aromatic heterocycles. The molecule has 4 rings (SSSR count). The van der Waals surface area contributed by atoms with Crippen LogP contribution in [-0.4, -0.2) is 25.4 Å². The van der Waals surface area contributed by atoms with E-state index in [1.807, 2.05) is 0 Å². The zero-order chi connectivity index (χ0) is 15.8. The summed E-state index contributed by atoms with van der Waals surface area (Å²) in [6.45, 7) is 6.12. The summed E-state index contributed by atoms with van der Waals surface area (Å²) >= 11 is 0. The van der Waals surface area contributed by atoms with E-state index in [1.54, 1.807) is 0 Å². The van der Waals surface area contributed by atoms with Crippen LogP contribution in [0.5, 0.6) is 5.75 Å². The molecular weight excluding hydrogens is 286 g/mol. The van der Waals surface area contributed by atoms with E-state index in [0.29, 0.717) is 18.2 Å². The first-order valence-corrected chi connectivity index (χ1v) is 9.32. The van der Waals surface area contributed by atoms with E-state index < -0.39 is 0 Å². The smallest absolute Gasteiger partial charge is 0.126 e. The van der Waals surface area contributed by atoms with E-state index in [4.69, 9.17) is 9.47 Å². The monoisotopic (exact) mass is 315 g/mol. The average Bonchev–Trinajstić information content (AvgIpc) is 3.36. The molecule has 3 nitrogen and oxygen atoms in total. The predicted octanol–water partition coefficient (Wildman–Crippen LogP) is 4.06. The Hall–Kier alpha value is -1.06. The van der Waals surface area contributed by atoms with Crippen molar-refractivity contribution in [1.82, 2.24) is 5.32 Å². The van der Waals surface area contributed by atoms with Gasteiger partial charge in [0.25, 0.3) is 0 Å². The Morgan fingerprint density at radius 3 is 2.74 bits per heavy atom. The van der Waals surface area contributed by atoms with Crippen molar-refractivity contribution in [2.45, 2.75) is 70.6 Å². The molecule has 1 saturated carbocycles. The highest BCUT2D eigenvalue weighted by Gasteiger charge is 2.36. The molecule has 3 aliphatic rings. The maximum atomic E-state index is 6.06. The van der Waals surface area contributed by atoms with E-state index >= 15 is 0 Å². The van der Waals surface area contributed by atoms with Crippen LogP contribution in [0.25, 0.3) is 0 Å². The highest BCUT2D eigenvalue weighted by molar-refractivity contribution is 5.46. The Labute approximate surface area is 139 Å². The highest BCUT2D eigenvalue weighted by atomic mass is 16.5. The van der Waals surface area contributed by atoms with Gasteiger partial charge in [0.1, 0.15) is 5.75 Å². The molecule has 1 aliphatic carbocycles. The number of fused-ring (bicyclic) bond motifs is 1. The normalized spacial score (nSPS) is 31.1. The third-order valence-corrected chi connectivity index (χ3v) is 5.61. The Morgan fingerprint density at radius 1 is 1.04 bits per heavy atom. The third-order valence-electron chi connectivity index (χ3n) is 5.61. The minimum atomic E-state index is 0.425. The summed E-state index contributed by atoms with van der Waals surface area (Å²) in [5.74, 6) is 1.96. The van der Waals surface area contributed by atoms with Gasteiger partial charge in [0.15, 0.2) is 0 Å². The largest absolute Gasteiger partial charge is 0.493 e. The molecule has 0 amide bonds. The van der Waals surface area contributed by atoms with Crippen LogP contribution in [0, 0.1) is 19.8 Å². The standard InChI is InChI=1S/C20H29NO2/c1-13-10-14(2)20-17(11-13)18(4-3-8-23-20)21-16-7-9-22-19(12-16)15-5-6-15/h10-11,15-16,18-19,21H,3-9,12H2,1-2H3/t16-,18-,19+/m1/s1. The van der Waals surface area contributed by atoms with Gasteiger partial charge in [-0.2, -0.15) is 0 Å². The summed E-state index contributed by atoms with van der Waals surface area (Å²) in [5, 5.41) is 3.96. The predicted molar refractivity (Wildman–Crippen MR) is 92.0 cm³/mol. The third kappa shape index (κ3) is 3.41. The first-order valence-electron chi connectivity index (χ1n) is 9.32. The number of hydrogen-bond acceptors (Lipinski definition) is 3. The number of nitrogens with one attached hydrogen (secondary N) is 1. The molecule has 0 radical (unpaired) electrons.